The molecule has 0 bridgehead atoms. The molecular formula is C14H29NO3. The number of hydrogen-bond donors (Lipinski definition) is 1. The van der Waals surface area contributed by atoms with Crippen molar-refractivity contribution in [1.29, 1.82) is 0 Å². The fourth-order valence-electron chi connectivity index (χ4n) is 2.02. The highest BCUT2D eigenvalue weighted by atomic mass is 16.5. The highest BCUT2D eigenvalue weighted by Crippen LogP contribution is 2.33. The van der Waals surface area contributed by atoms with Crippen molar-refractivity contribution in [2.75, 3.05) is 20.3 Å². The minimum atomic E-state index is -0.555. The van der Waals surface area contributed by atoms with E-state index in [1.54, 1.807) is 7.11 Å². The second-order valence-corrected chi connectivity index (χ2v) is 5.42. The minimum Gasteiger partial charge on any atom is -0.466 e. The van der Waals surface area contributed by atoms with Gasteiger partial charge in [0.25, 0.3) is 0 Å². The van der Waals surface area contributed by atoms with Gasteiger partial charge < -0.3 is 15.2 Å². The first kappa shape index (κ1) is 17.4. The smallest absolute Gasteiger partial charge is 0.313 e. The lowest BCUT2D eigenvalue weighted by Gasteiger charge is -2.33. The Hall–Kier alpha value is -0.610. The summed E-state index contributed by atoms with van der Waals surface area (Å²) in [6, 6.07) is 0. The second-order valence-electron chi connectivity index (χ2n) is 5.42. The van der Waals surface area contributed by atoms with Gasteiger partial charge in [-0.3, -0.25) is 4.79 Å². The van der Waals surface area contributed by atoms with Gasteiger partial charge in [-0.1, -0.05) is 13.3 Å². The molecular weight excluding hydrogens is 230 g/mol. The summed E-state index contributed by atoms with van der Waals surface area (Å²) in [7, 11) is 1.69. The topological polar surface area (TPSA) is 61.5 Å². The molecule has 0 aliphatic heterocycles. The van der Waals surface area contributed by atoms with Gasteiger partial charge >= 0.3 is 5.97 Å². The lowest BCUT2D eigenvalue weighted by Crippen LogP contribution is -2.41. The number of carbonyl (C=O) groups excluding carboxylic acids is 1. The first-order valence-corrected chi connectivity index (χ1v) is 6.80. The predicted molar refractivity (Wildman–Crippen MR) is 73.4 cm³/mol. The number of hydrogen-bond acceptors (Lipinski definition) is 4. The van der Waals surface area contributed by atoms with E-state index in [1.807, 2.05) is 20.8 Å². The van der Waals surface area contributed by atoms with Crippen molar-refractivity contribution in [2.45, 2.75) is 59.0 Å². The van der Waals surface area contributed by atoms with Crippen LogP contribution >= 0.6 is 0 Å². The van der Waals surface area contributed by atoms with Crippen molar-refractivity contribution in [3.8, 4) is 0 Å². The Balaban J connectivity index is 4.80. The SMILES string of the molecule is CCCC(CN)(CCC(C)(C)OC)C(=O)OCC. The monoisotopic (exact) mass is 259 g/mol. The molecule has 0 fully saturated rings. The molecule has 0 aliphatic carbocycles. The van der Waals surface area contributed by atoms with E-state index < -0.39 is 5.41 Å². The van der Waals surface area contributed by atoms with Gasteiger partial charge in [-0.25, -0.2) is 0 Å². The van der Waals surface area contributed by atoms with Crippen LogP contribution in [0.15, 0.2) is 0 Å². The quantitative estimate of drug-likeness (QED) is 0.646. The molecule has 0 rings (SSSR count). The molecule has 108 valence electrons. The van der Waals surface area contributed by atoms with Crippen molar-refractivity contribution in [1.82, 2.24) is 0 Å². The second kappa shape index (κ2) is 7.74. The van der Waals surface area contributed by atoms with Crippen molar-refractivity contribution in [3.05, 3.63) is 0 Å². The maximum Gasteiger partial charge on any atom is 0.313 e. The molecule has 1 atom stereocenters. The fraction of sp³-hybridized carbons (Fsp3) is 0.929. The molecule has 0 aliphatic rings. The average Bonchev–Trinajstić information content (AvgIpc) is 2.35. The lowest BCUT2D eigenvalue weighted by atomic mass is 9.77. The number of esters is 1. The van der Waals surface area contributed by atoms with E-state index in [-0.39, 0.29) is 11.6 Å². The molecule has 0 aromatic rings. The fourth-order valence-corrected chi connectivity index (χ4v) is 2.02. The summed E-state index contributed by atoms with van der Waals surface area (Å²) in [5, 5.41) is 0. The first-order valence-electron chi connectivity index (χ1n) is 6.80. The summed E-state index contributed by atoms with van der Waals surface area (Å²) in [4.78, 5) is 12.1. The predicted octanol–water partition coefficient (Wildman–Crippen LogP) is 2.50. The Labute approximate surface area is 111 Å². The van der Waals surface area contributed by atoms with Gasteiger partial charge in [-0.05, 0) is 40.0 Å². The van der Waals surface area contributed by atoms with E-state index in [0.29, 0.717) is 19.6 Å². The van der Waals surface area contributed by atoms with E-state index in [9.17, 15) is 4.79 Å². The Morgan fingerprint density at radius 3 is 2.17 bits per heavy atom. The summed E-state index contributed by atoms with van der Waals surface area (Å²) in [6.07, 6.45) is 3.18. The summed E-state index contributed by atoms with van der Waals surface area (Å²) in [6.45, 7) is 8.66. The van der Waals surface area contributed by atoms with Gasteiger partial charge in [0.2, 0.25) is 0 Å². The third-order valence-electron chi connectivity index (χ3n) is 3.59. The molecule has 0 saturated heterocycles. The lowest BCUT2D eigenvalue weighted by molar-refractivity contribution is -0.156. The maximum absolute atomic E-state index is 12.1. The van der Waals surface area contributed by atoms with Crippen LogP contribution in [0.3, 0.4) is 0 Å². The molecule has 0 radical (unpaired) electrons. The standard InChI is InChI=1S/C14H29NO3/c1-6-8-14(11-15,12(16)18-7-2)10-9-13(3,4)17-5/h6-11,15H2,1-5H3. The summed E-state index contributed by atoms with van der Waals surface area (Å²) < 4.78 is 10.6. The van der Waals surface area contributed by atoms with E-state index in [1.165, 1.54) is 0 Å². The van der Waals surface area contributed by atoms with E-state index in [4.69, 9.17) is 15.2 Å². The van der Waals surface area contributed by atoms with Gasteiger partial charge in [0.15, 0.2) is 0 Å². The molecule has 2 N–H and O–H groups in total. The summed E-state index contributed by atoms with van der Waals surface area (Å²) >= 11 is 0. The zero-order valence-corrected chi connectivity index (χ0v) is 12.5. The van der Waals surface area contributed by atoms with Gasteiger partial charge in [0.1, 0.15) is 0 Å². The Morgan fingerprint density at radius 1 is 1.17 bits per heavy atom. The van der Waals surface area contributed by atoms with Crippen molar-refractivity contribution in [3.63, 3.8) is 0 Å². The Bertz CT molecular complexity index is 253. The molecule has 0 saturated carbocycles. The van der Waals surface area contributed by atoms with Crippen LogP contribution in [-0.2, 0) is 14.3 Å². The number of ether oxygens (including phenoxy) is 2. The molecule has 4 nitrogen and oxygen atoms in total. The van der Waals surface area contributed by atoms with Crippen molar-refractivity contribution >= 4 is 5.97 Å². The zero-order chi connectivity index (χ0) is 14.2. The third kappa shape index (κ3) is 4.94. The highest BCUT2D eigenvalue weighted by Gasteiger charge is 2.39. The molecule has 4 heteroatoms. The van der Waals surface area contributed by atoms with E-state index in [0.717, 1.165) is 19.3 Å². The van der Waals surface area contributed by atoms with E-state index >= 15 is 0 Å². The molecule has 0 aromatic carbocycles. The van der Waals surface area contributed by atoms with Crippen LogP contribution in [0.5, 0.6) is 0 Å². The minimum absolute atomic E-state index is 0.166. The number of nitrogens with two attached hydrogens (primary N) is 1. The number of carbonyl (C=O) groups is 1. The van der Waals surface area contributed by atoms with Crippen LogP contribution in [-0.4, -0.2) is 31.8 Å². The summed E-state index contributed by atoms with van der Waals surface area (Å²) in [5.41, 5.74) is 5.06. The Kier molecular flexibility index (Phi) is 7.48. The number of methoxy groups -OCH3 is 1. The van der Waals surface area contributed by atoms with E-state index in [2.05, 4.69) is 6.92 Å². The molecule has 0 spiro atoms. The highest BCUT2D eigenvalue weighted by molar-refractivity contribution is 5.77. The molecule has 0 aromatic heterocycles. The Morgan fingerprint density at radius 2 is 1.78 bits per heavy atom. The number of rotatable bonds is 9. The van der Waals surface area contributed by atoms with Crippen LogP contribution in [0, 0.1) is 5.41 Å². The van der Waals surface area contributed by atoms with Gasteiger partial charge in [0, 0.05) is 13.7 Å². The van der Waals surface area contributed by atoms with Crippen molar-refractivity contribution < 1.29 is 14.3 Å². The molecule has 0 amide bonds. The van der Waals surface area contributed by atoms with Crippen LogP contribution < -0.4 is 5.73 Å². The summed E-state index contributed by atoms with van der Waals surface area (Å²) in [5.74, 6) is -0.166. The van der Waals surface area contributed by atoms with Crippen LogP contribution in [0.4, 0.5) is 0 Å². The van der Waals surface area contributed by atoms with Gasteiger partial charge in [-0.15, -0.1) is 0 Å². The van der Waals surface area contributed by atoms with Crippen LogP contribution in [0.2, 0.25) is 0 Å². The van der Waals surface area contributed by atoms with Crippen molar-refractivity contribution in [2.24, 2.45) is 11.1 Å². The molecule has 0 heterocycles. The van der Waals surface area contributed by atoms with Crippen LogP contribution in [0.1, 0.15) is 53.4 Å². The largest absolute Gasteiger partial charge is 0.466 e. The normalized spacial score (nSPS) is 15.2. The first-order chi connectivity index (χ1) is 8.37. The third-order valence-corrected chi connectivity index (χ3v) is 3.59. The maximum atomic E-state index is 12.1. The molecule has 18 heavy (non-hydrogen) atoms. The van der Waals surface area contributed by atoms with Gasteiger partial charge in [0.05, 0.1) is 17.6 Å². The average molecular weight is 259 g/mol. The molecule has 1 unspecified atom stereocenters. The zero-order valence-electron chi connectivity index (χ0n) is 12.5. The van der Waals surface area contributed by atoms with Crippen LogP contribution in [0.25, 0.3) is 0 Å². The van der Waals surface area contributed by atoms with Gasteiger partial charge in [-0.2, -0.15) is 0 Å².